The van der Waals surface area contributed by atoms with E-state index in [4.69, 9.17) is 0 Å². The summed E-state index contributed by atoms with van der Waals surface area (Å²) in [6.45, 7) is 4.00. The highest BCUT2D eigenvalue weighted by molar-refractivity contribution is 5.97. The molecule has 0 aliphatic carbocycles. The second kappa shape index (κ2) is 8.48. The quantitative estimate of drug-likeness (QED) is 0.452. The Kier molecular flexibility index (Phi) is 5.78. The second-order valence-electron chi connectivity index (χ2n) is 8.16. The minimum absolute atomic E-state index is 0.201. The maximum Gasteiger partial charge on any atom is 0.426 e. The van der Waals surface area contributed by atoms with Crippen LogP contribution >= 0.6 is 0 Å². The molecule has 178 valence electrons. The minimum Gasteiger partial charge on any atom is -0.373 e. The van der Waals surface area contributed by atoms with Crippen LogP contribution in [-0.2, 0) is 4.79 Å². The van der Waals surface area contributed by atoms with Crippen molar-refractivity contribution in [2.45, 2.75) is 32.5 Å². The first-order chi connectivity index (χ1) is 16.4. The van der Waals surface area contributed by atoms with Crippen LogP contribution in [-0.4, -0.2) is 42.4 Å². The van der Waals surface area contributed by atoms with Crippen molar-refractivity contribution in [2.75, 3.05) is 5.32 Å². The smallest absolute Gasteiger partial charge is 0.373 e. The summed E-state index contributed by atoms with van der Waals surface area (Å²) in [5.41, 5.74) is 0.843. The Labute approximate surface area is 197 Å². The van der Waals surface area contributed by atoms with Gasteiger partial charge in [-0.15, -0.1) is 0 Å². The molecule has 0 unspecified atom stereocenters. The zero-order chi connectivity index (χ0) is 25.5. The molecule has 0 aliphatic heterocycles. The van der Waals surface area contributed by atoms with Crippen molar-refractivity contribution < 1.29 is 23.1 Å². The maximum absolute atomic E-state index is 13.1. The molecule has 2 N–H and O–H groups in total. The van der Waals surface area contributed by atoms with E-state index in [2.05, 4.69) is 21.1 Å². The lowest BCUT2D eigenvalue weighted by molar-refractivity contribution is -0.242. The number of carbonyl (C=O) groups is 1. The monoisotopic (exact) mass is 480 g/mol. The third-order valence-electron chi connectivity index (χ3n) is 5.36. The topological polar surface area (TPSA) is 116 Å². The van der Waals surface area contributed by atoms with E-state index in [-0.39, 0.29) is 11.5 Å². The number of halogens is 3. The number of benzene rings is 1. The number of nitrogens with zero attached hydrogens (tertiary/aromatic N) is 5. The number of aromatic nitrogens is 4. The van der Waals surface area contributed by atoms with Crippen LogP contribution in [0.2, 0.25) is 0 Å². The lowest BCUT2D eigenvalue weighted by atomic mass is 9.99. The number of nitrogens with one attached hydrogen (secondary N) is 1. The molecule has 0 spiro atoms. The number of hydrogen-bond donors (Lipinski definition) is 2. The lowest BCUT2D eigenvalue weighted by Gasteiger charge is -2.24. The Bertz CT molecular complexity index is 1480. The molecule has 8 nitrogen and oxygen atoms in total. The molecule has 0 fully saturated rings. The molecule has 1 atom stereocenters. The molecule has 0 saturated carbocycles. The number of rotatable bonds is 4. The molecule has 3 heterocycles. The molecule has 1 aromatic carbocycles. The Balaban J connectivity index is 1.91. The van der Waals surface area contributed by atoms with Gasteiger partial charge in [-0.3, -0.25) is 9.78 Å². The van der Waals surface area contributed by atoms with Crippen LogP contribution in [0, 0.1) is 25.2 Å². The summed E-state index contributed by atoms with van der Waals surface area (Å²) >= 11 is 0. The van der Waals surface area contributed by atoms with Gasteiger partial charge in [-0.25, -0.2) is 9.50 Å². The molecular weight excluding hydrogens is 461 g/mol. The van der Waals surface area contributed by atoms with Gasteiger partial charge in [-0.2, -0.15) is 23.5 Å². The normalized spacial score (nSPS) is 13.3. The number of carbonyl (C=O) groups excluding carboxylic acids is 1. The molecule has 0 bridgehead atoms. The third-order valence-corrected chi connectivity index (χ3v) is 5.36. The van der Waals surface area contributed by atoms with Gasteiger partial charge >= 0.3 is 6.18 Å². The number of hydrogen-bond acceptors (Lipinski definition) is 6. The average molecular weight is 480 g/mol. The van der Waals surface area contributed by atoms with Gasteiger partial charge in [-0.05, 0) is 56.7 Å². The van der Waals surface area contributed by atoms with Gasteiger partial charge in [0.2, 0.25) is 5.60 Å². The van der Waals surface area contributed by atoms with Crippen molar-refractivity contribution in [1.29, 1.82) is 5.26 Å². The highest BCUT2D eigenvalue weighted by atomic mass is 19.4. The first kappa shape index (κ1) is 23.8. The number of aryl methyl sites for hydroxylation is 2. The van der Waals surface area contributed by atoms with E-state index < -0.39 is 17.7 Å². The molecule has 0 saturated heterocycles. The average Bonchev–Trinajstić information content (AvgIpc) is 3.16. The van der Waals surface area contributed by atoms with Gasteiger partial charge in [0, 0.05) is 23.1 Å². The van der Waals surface area contributed by atoms with Crippen LogP contribution in [0.3, 0.4) is 0 Å². The van der Waals surface area contributed by atoms with Crippen molar-refractivity contribution in [3.63, 3.8) is 0 Å². The van der Waals surface area contributed by atoms with Gasteiger partial charge in [0.1, 0.15) is 11.5 Å². The Morgan fingerprint density at radius 1 is 1.09 bits per heavy atom. The Morgan fingerprint density at radius 2 is 1.77 bits per heavy atom. The Morgan fingerprint density at radius 3 is 2.40 bits per heavy atom. The fourth-order valence-electron chi connectivity index (χ4n) is 3.55. The maximum atomic E-state index is 13.1. The predicted octanol–water partition coefficient (Wildman–Crippen LogP) is 4.20. The summed E-state index contributed by atoms with van der Waals surface area (Å²) in [6.07, 6.45) is -3.74. The van der Waals surface area contributed by atoms with Crippen molar-refractivity contribution in [2.24, 2.45) is 0 Å². The lowest BCUT2D eigenvalue weighted by Crippen LogP contribution is -2.52. The van der Waals surface area contributed by atoms with Crippen molar-refractivity contribution >= 4 is 17.4 Å². The minimum atomic E-state index is -5.17. The molecule has 4 rings (SSSR count). The van der Waals surface area contributed by atoms with E-state index in [1.165, 1.54) is 16.8 Å². The van der Waals surface area contributed by atoms with E-state index in [1.54, 1.807) is 24.3 Å². The summed E-state index contributed by atoms with van der Waals surface area (Å²) in [6, 6.07) is 13.8. The molecule has 3 aromatic heterocycles. The fraction of sp³-hybridized carbons (Fsp3) is 0.208. The van der Waals surface area contributed by atoms with Gasteiger partial charge < -0.3 is 10.4 Å². The summed E-state index contributed by atoms with van der Waals surface area (Å²) < 4.78 is 40.7. The van der Waals surface area contributed by atoms with Crippen molar-refractivity contribution in [3.05, 3.63) is 65.6 Å². The van der Waals surface area contributed by atoms with E-state index in [0.29, 0.717) is 34.9 Å². The van der Waals surface area contributed by atoms with Gasteiger partial charge in [0.25, 0.3) is 5.91 Å². The van der Waals surface area contributed by atoms with E-state index in [0.717, 1.165) is 11.4 Å². The number of pyridine rings is 1. The Hall–Kier alpha value is -4.30. The summed E-state index contributed by atoms with van der Waals surface area (Å²) in [7, 11) is 0. The molecule has 0 aliphatic rings. The van der Waals surface area contributed by atoms with Gasteiger partial charge in [0.05, 0.1) is 17.2 Å². The highest BCUT2D eigenvalue weighted by Crippen LogP contribution is 2.36. The van der Waals surface area contributed by atoms with Crippen molar-refractivity contribution in [1.82, 2.24) is 19.6 Å². The van der Waals surface area contributed by atoms with Crippen LogP contribution in [0.4, 0.5) is 19.0 Å². The summed E-state index contributed by atoms with van der Waals surface area (Å²) in [5, 5.41) is 25.6. The number of alkyl halides is 3. The van der Waals surface area contributed by atoms with E-state index in [9.17, 15) is 28.3 Å². The summed E-state index contributed by atoms with van der Waals surface area (Å²) in [5.74, 6) is -1.87. The standard InChI is InChI=1S/C24H19F3N6O2/c1-13-9-17(10-14(2)29-13)19-20(16-6-4-5-15(11-16)12-28)32-33-8-7-18(30-21(19)33)31-22(34)23(3,35)24(25,26)27/h4-11,35H,1-3H3,(H,30,31,34)/t23-/m0/s1. The largest absolute Gasteiger partial charge is 0.426 e. The zero-order valence-electron chi connectivity index (χ0n) is 18.8. The number of aliphatic hydroxyl groups is 1. The number of fused-ring (bicyclic) bond motifs is 1. The van der Waals surface area contributed by atoms with Crippen LogP contribution < -0.4 is 5.32 Å². The predicted molar refractivity (Wildman–Crippen MR) is 121 cm³/mol. The second-order valence-corrected chi connectivity index (χ2v) is 8.16. The number of anilines is 1. The molecule has 11 heteroatoms. The third kappa shape index (κ3) is 4.43. The highest BCUT2D eigenvalue weighted by Gasteiger charge is 2.55. The number of nitriles is 1. The van der Waals surface area contributed by atoms with Crippen LogP contribution in [0.5, 0.6) is 0 Å². The van der Waals surface area contributed by atoms with Crippen LogP contribution in [0.1, 0.15) is 23.9 Å². The van der Waals surface area contributed by atoms with Crippen molar-refractivity contribution in [3.8, 4) is 28.5 Å². The molecule has 35 heavy (non-hydrogen) atoms. The van der Waals surface area contributed by atoms with Gasteiger partial charge in [0.15, 0.2) is 5.65 Å². The fourth-order valence-corrected chi connectivity index (χ4v) is 3.55. The zero-order valence-corrected chi connectivity index (χ0v) is 18.8. The SMILES string of the molecule is Cc1cc(-c2c(-c3cccc(C#N)c3)nn3ccc(NC(=O)[C@](C)(O)C(F)(F)F)nc23)cc(C)n1. The van der Waals surface area contributed by atoms with Crippen LogP contribution in [0.25, 0.3) is 28.0 Å². The van der Waals surface area contributed by atoms with E-state index in [1.807, 2.05) is 31.3 Å². The van der Waals surface area contributed by atoms with Gasteiger partial charge in [-0.1, -0.05) is 12.1 Å². The van der Waals surface area contributed by atoms with Crippen LogP contribution in [0.15, 0.2) is 48.7 Å². The first-order valence-corrected chi connectivity index (χ1v) is 10.4. The molecular formula is C24H19F3N6O2. The number of amides is 1. The molecule has 4 aromatic rings. The van der Waals surface area contributed by atoms with E-state index >= 15 is 0 Å². The summed E-state index contributed by atoms with van der Waals surface area (Å²) in [4.78, 5) is 20.9. The molecule has 1 amide bonds. The molecule has 0 radical (unpaired) electrons. The first-order valence-electron chi connectivity index (χ1n) is 10.4.